The number of nitrogens with two attached hydrogens (primary N) is 1. The number of nitrogen functional groups attached to an aromatic ring is 1. The Hall–Kier alpha value is -1.92. The maximum Gasteiger partial charge on any atom is 0.239 e. The van der Waals surface area contributed by atoms with Gasteiger partial charge in [-0.15, -0.1) is 15.3 Å². The Morgan fingerprint density at radius 3 is 2.80 bits per heavy atom. The van der Waals surface area contributed by atoms with E-state index < -0.39 is 0 Å². The lowest BCUT2D eigenvalue weighted by Crippen LogP contribution is -2.00. The Bertz CT molecular complexity index is 493. The minimum absolute atomic E-state index is 0.230. The fourth-order valence-electron chi connectivity index (χ4n) is 1.68. The van der Waals surface area contributed by atoms with Gasteiger partial charge in [-0.1, -0.05) is 0 Å². The second kappa shape index (κ2) is 2.78. The molecule has 1 aliphatic carbocycles. The summed E-state index contributed by atoms with van der Waals surface area (Å²) >= 11 is 0. The number of rotatable bonds is 2. The first-order chi connectivity index (χ1) is 7.25. The van der Waals surface area contributed by atoms with Crippen molar-refractivity contribution in [1.29, 1.82) is 0 Å². The van der Waals surface area contributed by atoms with Crippen LogP contribution < -0.4 is 5.73 Å². The van der Waals surface area contributed by atoms with Crippen molar-refractivity contribution in [3.8, 4) is 11.6 Å². The maximum absolute atomic E-state index is 5.45. The molecule has 2 aromatic rings. The molecular weight excluding hydrogens is 194 g/mol. The van der Waals surface area contributed by atoms with Gasteiger partial charge in [0.2, 0.25) is 11.8 Å². The van der Waals surface area contributed by atoms with Gasteiger partial charge in [0.15, 0.2) is 5.82 Å². The summed E-state index contributed by atoms with van der Waals surface area (Å²) in [6, 6.07) is 0.515. The average Bonchev–Trinajstić information content (AvgIpc) is 2.84. The van der Waals surface area contributed by atoms with Crippen LogP contribution in [0.25, 0.3) is 11.6 Å². The Labute approximate surface area is 85.7 Å². The SMILES string of the molecule is Cc1nnc(-c2nc(N)n[nH]2)n1C1CC1. The molecule has 1 fully saturated rings. The molecule has 1 aliphatic rings. The van der Waals surface area contributed by atoms with Crippen LogP contribution in [0.3, 0.4) is 0 Å². The second-order valence-electron chi connectivity index (χ2n) is 3.71. The minimum atomic E-state index is 0.230. The van der Waals surface area contributed by atoms with Crippen molar-refractivity contribution in [3.05, 3.63) is 5.82 Å². The molecule has 3 rings (SSSR count). The van der Waals surface area contributed by atoms with Crippen molar-refractivity contribution in [2.75, 3.05) is 5.73 Å². The number of aromatic amines is 1. The molecule has 0 aromatic carbocycles. The summed E-state index contributed by atoms with van der Waals surface area (Å²) in [7, 11) is 0. The van der Waals surface area contributed by atoms with Gasteiger partial charge in [-0.2, -0.15) is 4.98 Å². The van der Waals surface area contributed by atoms with Gasteiger partial charge in [0, 0.05) is 6.04 Å². The summed E-state index contributed by atoms with van der Waals surface area (Å²) in [6.45, 7) is 1.94. The lowest BCUT2D eigenvalue weighted by Gasteiger charge is -2.03. The number of hydrogen-bond acceptors (Lipinski definition) is 5. The fourth-order valence-corrected chi connectivity index (χ4v) is 1.68. The zero-order chi connectivity index (χ0) is 10.4. The molecule has 0 atom stereocenters. The van der Waals surface area contributed by atoms with E-state index in [0.29, 0.717) is 11.9 Å². The largest absolute Gasteiger partial charge is 0.366 e. The van der Waals surface area contributed by atoms with Crippen molar-refractivity contribution in [2.45, 2.75) is 25.8 Å². The van der Waals surface area contributed by atoms with Crippen molar-refractivity contribution < 1.29 is 0 Å². The van der Waals surface area contributed by atoms with Gasteiger partial charge >= 0.3 is 0 Å². The maximum atomic E-state index is 5.45. The molecule has 0 bridgehead atoms. The lowest BCUT2D eigenvalue weighted by molar-refractivity contribution is 0.713. The Kier molecular flexibility index (Phi) is 1.56. The van der Waals surface area contributed by atoms with Gasteiger partial charge in [0.25, 0.3) is 0 Å². The Morgan fingerprint density at radius 2 is 2.20 bits per heavy atom. The third kappa shape index (κ3) is 1.27. The number of anilines is 1. The van der Waals surface area contributed by atoms with Gasteiger partial charge in [-0.3, -0.25) is 5.10 Å². The van der Waals surface area contributed by atoms with Crippen LogP contribution in [-0.4, -0.2) is 29.9 Å². The molecule has 0 unspecified atom stereocenters. The molecular formula is C8H11N7. The molecule has 2 heterocycles. The summed E-state index contributed by atoms with van der Waals surface area (Å²) in [5.41, 5.74) is 5.45. The van der Waals surface area contributed by atoms with E-state index in [0.717, 1.165) is 11.6 Å². The van der Waals surface area contributed by atoms with E-state index in [1.165, 1.54) is 12.8 Å². The number of aryl methyl sites for hydroxylation is 1. The first-order valence-corrected chi connectivity index (χ1v) is 4.85. The van der Waals surface area contributed by atoms with E-state index in [1.807, 2.05) is 6.92 Å². The summed E-state index contributed by atoms with van der Waals surface area (Å²) < 4.78 is 2.08. The normalized spacial score (nSPS) is 15.8. The summed E-state index contributed by atoms with van der Waals surface area (Å²) in [4.78, 5) is 4.05. The zero-order valence-corrected chi connectivity index (χ0v) is 8.30. The van der Waals surface area contributed by atoms with Crippen molar-refractivity contribution >= 4 is 5.95 Å². The molecule has 0 saturated heterocycles. The molecule has 0 spiro atoms. The van der Waals surface area contributed by atoms with Crippen LogP contribution in [0, 0.1) is 6.92 Å². The number of nitrogens with one attached hydrogen (secondary N) is 1. The summed E-state index contributed by atoms with van der Waals surface area (Å²) in [5.74, 6) is 2.44. The minimum Gasteiger partial charge on any atom is -0.366 e. The summed E-state index contributed by atoms with van der Waals surface area (Å²) in [5, 5.41) is 14.7. The van der Waals surface area contributed by atoms with E-state index >= 15 is 0 Å². The highest BCUT2D eigenvalue weighted by molar-refractivity contribution is 5.45. The Balaban J connectivity index is 2.11. The highest BCUT2D eigenvalue weighted by atomic mass is 15.3. The standard InChI is InChI=1S/C8H11N7/c1-4-11-13-7(15(4)5-2-3-5)6-10-8(9)14-12-6/h5H,2-3H2,1H3,(H3,9,10,12,14). The number of hydrogen-bond donors (Lipinski definition) is 2. The summed E-state index contributed by atoms with van der Waals surface area (Å²) in [6.07, 6.45) is 2.35. The fraction of sp³-hybridized carbons (Fsp3) is 0.500. The van der Waals surface area contributed by atoms with Gasteiger partial charge in [0.05, 0.1) is 0 Å². The molecule has 0 amide bonds. The third-order valence-corrected chi connectivity index (χ3v) is 2.49. The van der Waals surface area contributed by atoms with Crippen LogP contribution >= 0.6 is 0 Å². The van der Waals surface area contributed by atoms with Crippen molar-refractivity contribution in [3.63, 3.8) is 0 Å². The molecule has 78 valence electrons. The average molecular weight is 205 g/mol. The molecule has 7 nitrogen and oxygen atoms in total. The van der Waals surface area contributed by atoms with E-state index in [4.69, 9.17) is 5.73 Å². The smallest absolute Gasteiger partial charge is 0.239 e. The van der Waals surface area contributed by atoms with E-state index in [2.05, 4.69) is 29.9 Å². The van der Waals surface area contributed by atoms with Gasteiger partial charge in [-0.25, -0.2) is 0 Å². The van der Waals surface area contributed by atoms with Gasteiger partial charge in [-0.05, 0) is 19.8 Å². The highest BCUT2D eigenvalue weighted by Gasteiger charge is 2.29. The molecule has 15 heavy (non-hydrogen) atoms. The van der Waals surface area contributed by atoms with E-state index in [-0.39, 0.29) is 5.95 Å². The first-order valence-electron chi connectivity index (χ1n) is 4.85. The van der Waals surface area contributed by atoms with Crippen LogP contribution in [0.2, 0.25) is 0 Å². The first kappa shape index (κ1) is 8.39. The van der Waals surface area contributed by atoms with Crippen molar-refractivity contribution in [2.24, 2.45) is 0 Å². The number of aromatic nitrogens is 6. The van der Waals surface area contributed by atoms with Crippen molar-refractivity contribution in [1.82, 2.24) is 29.9 Å². The second-order valence-corrected chi connectivity index (χ2v) is 3.71. The lowest BCUT2D eigenvalue weighted by atomic mass is 10.5. The predicted molar refractivity (Wildman–Crippen MR) is 52.8 cm³/mol. The highest BCUT2D eigenvalue weighted by Crippen LogP contribution is 2.38. The molecule has 1 saturated carbocycles. The molecule has 7 heteroatoms. The van der Waals surface area contributed by atoms with Crippen LogP contribution in [-0.2, 0) is 0 Å². The quantitative estimate of drug-likeness (QED) is 0.734. The predicted octanol–water partition coefficient (Wildman–Crippen LogP) is 0.289. The van der Waals surface area contributed by atoms with Crippen LogP contribution in [0.4, 0.5) is 5.95 Å². The number of nitrogens with zero attached hydrogens (tertiary/aromatic N) is 5. The molecule has 0 aliphatic heterocycles. The molecule has 3 N–H and O–H groups in total. The number of H-pyrrole nitrogens is 1. The monoisotopic (exact) mass is 205 g/mol. The Morgan fingerprint density at radius 1 is 1.40 bits per heavy atom. The van der Waals surface area contributed by atoms with Crippen LogP contribution in [0.5, 0.6) is 0 Å². The topological polar surface area (TPSA) is 98.3 Å². The zero-order valence-electron chi connectivity index (χ0n) is 8.30. The molecule has 2 aromatic heterocycles. The van der Waals surface area contributed by atoms with E-state index in [9.17, 15) is 0 Å². The van der Waals surface area contributed by atoms with Crippen LogP contribution in [0.15, 0.2) is 0 Å². The van der Waals surface area contributed by atoms with Gasteiger partial charge < -0.3 is 10.3 Å². The van der Waals surface area contributed by atoms with Gasteiger partial charge in [0.1, 0.15) is 5.82 Å². The molecule has 0 radical (unpaired) electrons. The van der Waals surface area contributed by atoms with E-state index in [1.54, 1.807) is 0 Å². The van der Waals surface area contributed by atoms with Crippen LogP contribution in [0.1, 0.15) is 24.7 Å². The third-order valence-electron chi connectivity index (χ3n) is 2.49.